The molecule has 0 aromatic heterocycles. The maximum atomic E-state index is 8.06. The van der Waals surface area contributed by atoms with Crippen molar-refractivity contribution in [2.24, 2.45) is 0 Å². The van der Waals surface area contributed by atoms with E-state index in [0.29, 0.717) is 6.17 Å². The van der Waals surface area contributed by atoms with Crippen LogP contribution in [-0.2, 0) is 0 Å². The van der Waals surface area contributed by atoms with Gasteiger partial charge in [-0.05, 0) is 0 Å². The second kappa shape index (κ2) is 2.08. The van der Waals surface area contributed by atoms with Gasteiger partial charge >= 0.3 is 0 Å². The number of nitrogens with zero attached hydrogens (tertiary/aromatic N) is 2. The van der Waals surface area contributed by atoms with E-state index in [4.69, 9.17) is 5.39 Å². The third-order valence-corrected chi connectivity index (χ3v) is 1.64. The van der Waals surface area contributed by atoms with Gasteiger partial charge < -0.3 is 0 Å². The van der Waals surface area contributed by atoms with E-state index in [-0.39, 0.29) is 0 Å². The standard InChI is InChI=1S/C4H11N2Si/c1-7(2,3)4-6-5/h4H2,1-3H3/q+1. The maximum Gasteiger partial charge on any atom is 0.282 e. The normalized spacial score (nSPS) is 10.6. The summed E-state index contributed by atoms with van der Waals surface area (Å²) in [5.41, 5.74) is 0. The largest absolute Gasteiger partial charge is 0.282 e. The summed E-state index contributed by atoms with van der Waals surface area (Å²) < 4.78 is 0. The fourth-order valence-electron chi connectivity index (χ4n) is 0.212. The molecule has 0 spiro atoms. The molecule has 0 saturated heterocycles. The Kier molecular flexibility index (Phi) is 1.97. The van der Waals surface area contributed by atoms with Crippen molar-refractivity contribution < 1.29 is 0 Å². The zero-order valence-electron chi connectivity index (χ0n) is 5.10. The Morgan fingerprint density at radius 1 is 1.43 bits per heavy atom. The molecule has 0 aliphatic rings. The Morgan fingerprint density at radius 3 is 1.86 bits per heavy atom. The molecule has 0 aliphatic heterocycles. The summed E-state index contributed by atoms with van der Waals surface area (Å²) in [6.07, 6.45) is 0.660. The van der Waals surface area contributed by atoms with E-state index in [9.17, 15) is 0 Å². The lowest BCUT2D eigenvalue weighted by atomic mass is 11.5. The van der Waals surface area contributed by atoms with Gasteiger partial charge in [0.15, 0.2) is 8.07 Å². The van der Waals surface area contributed by atoms with Crippen LogP contribution in [0.4, 0.5) is 0 Å². The van der Waals surface area contributed by atoms with Crippen LogP contribution in [0.1, 0.15) is 0 Å². The summed E-state index contributed by atoms with van der Waals surface area (Å²) in [4.78, 5) is 3.07. The molecule has 0 radical (unpaired) electrons. The van der Waals surface area contributed by atoms with Gasteiger partial charge in [-0.3, -0.25) is 0 Å². The van der Waals surface area contributed by atoms with Gasteiger partial charge in [0.2, 0.25) is 5.39 Å². The first-order valence-electron chi connectivity index (χ1n) is 2.37. The van der Waals surface area contributed by atoms with Crippen LogP contribution in [0.2, 0.25) is 19.6 Å². The van der Waals surface area contributed by atoms with Crippen LogP contribution in [0.3, 0.4) is 0 Å². The van der Waals surface area contributed by atoms with Crippen LogP contribution in [0, 0.1) is 5.39 Å². The zero-order chi connectivity index (χ0) is 5.91. The molecule has 0 aromatic rings. The summed E-state index contributed by atoms with van der Waals surface area (Å²) in [6.45, 7) is 6.48. The summed E-state index contributed by atoms with van der Waals surface area (Å²) in [7, 11) is -1.07. The molecule has 0 unspecified atom stereocenters. The van der Waals surface area contributed by atoms with Crippen molar-refractivity contribution in [3.05, 3.63) is 4.98 Å². The van der Waals surface area contributed by atoms with Gasteiger partial charge in [-0.2, -0.15) is 0 Å². The maximum absolute atomic E-state index is 8.06. The third kappa shape index (κ3) is 5.64. The second-order valence-electron chi connectivity index (χ2n) is 2.86. The molecule has 0 fully saturated rings. The van der Waals surface area contributed by atoms with Crippen molar-refractivity contribution in [3.63, 3.8) is 0 Å². The zero-order valence-corrected chi connectivity index (χ0v) is 6.10. The topological polar surface area (TPSA) is 28.1 Å². The quantitative estimate of drug-likeness (QED) is 0.378. The van der Waals surface area contributed by atoms with Gasteiger partial charge in [0.1, 0.15) is 4.98 Å². The molecule has 0 bridgehead atoms. The Morgan fingerprint density at radius 2 is 1.86 bits per heavy atom. The van der Waals surface area contributed by atoms with Crippen molar-refractivity contribution >= 4 is 8.07 Å². The monoisotopic (exact) mass is 115 g/mol. The first kappa shape index (κ1) is 6.64. The molecule has 0 saturated carbocycles. The van der Waals surface area contributed by atoms with Crippen molar-refractivity contribution in [2.75, 3.05) is 6.17 Å². The Hall–Kier alpha value is -0.363. The third-order valence-electron chi connectivity index (χ3n) is 0.545. The molecule has 2 nitrogen and oxygen atoms in total. The van der Waals surface area contributed by atoms with Crippen molar-refractivity contribution in [3.8, 4) is 0 Å². The van der Waals surface area contributed by atoms with Gasteiger partial charge in [-0.1, -0.05) is 19.6 Å². The minimum atomic E-state index is -1.07. The summed E-state index contributed by atoms with van der Waals surface area (Å²) in [6, 6.07) is 0. The van der Waals surface area contributed by atoms with Crippen LogP contribution in [-0.4, -0.2) is 14.2 Å². The van der Waals surface area contributed by atoms with E-state index in [1.54, 1.807) is 0 Å². The first-order chi connectivity index (χ1) is 3.06. The Balaban J connectivity index is 3.40. The highest BCUT2D eigenvalue weighted by atomic mass is 28.3. The average Bonchev–Trinajstić information content (AvgIpc) is 1.30. The van der Waals surface area contributed by atoms with Gasteiger partial charge in [0, 0.05) is 0 Å². The SMILES string of the molecule is C[Si](C)(C)C[N+]#N. The van der Waals surface area contributed by atoms with E-state index < -0.39 is 8.07 Å². The number of diazo groups is 1. The molecule has 0 rings (SSSR count). The minimum absolute atomic E-state index is 0.660. The minimum Gasteiger partial charge on any atom is -0.0625 e. The van der Waals surface area contributed by atoms with E-state index in [0.717, 1.165) is 0 Å². The molecule has 0 atom stereocenters. The fraction of sp³-hybridized carbons (Fsp3) is 1.00. The van der Waals surface area contributed by atoms with Crippen molar-refractivity contribution in [2.45, 2.75) is 19.6 Å². The van der Waals surface area contributed by atoms with Gasteiger partial charge in [-0.15, -0.1) is 0 Å². The number of hydrogen-bond donors (Lipinski definition) is 0. The fourth-order valence-corrected chi connectivity index (χ4v) is 0.636. The summed E-state index contributed by atoms with van der Waals surface area (Å²) in [5.74, 6) is 0. The predicted molar refractivity (Wildman–Crippen MR) is 33.3 cm³/mol. The smallest absolute Gasteiger partial charge is 0.0625 e. The van der Waals surface area contributed by atoms with Crippen molar-refractivity contribution in [1.82, 2.24) is 0 Å². The predicted octanol–water partition coefficient (Wildman–Crippen LogP) is 1.72. The molecular formula is C4H11N2Si+. The highest BCUT2D eigenvalue weighted by Gasteiger charge is 2.20. The van der Waals surface area contributed by atoms with E-state index >= 15 is 0 Å². The van der Waals surface area contributed by atoms with Gasteiger partial charge in [0.05, 0.1) is 0 Å². The lowest BCUT2D eigenvalue weighted by Crippen LogP contribution is -2.23. The van der Waals surface area contributed by atoms with Crippen LogP contribution in [0.15, 0.2) is 0 Å². The Labute approximate surface area is 45.2 Å². The first-order valence-corrected chi connectivity index (χ1v) is 6.08. The lowest BCUT2D eigenvalue weighted by Gasteiger charge is -1.98. The lowest BCUT2D eigenvalue weighted by molar-refractivity contribution is 1.36. The van der Waals surface area contributed by atoms with E-state index in [1.165, 1.54) is 0 Å². The highest BCUT2D eigenvalue weighted by molar-refractivity contribution is 6.76. The average molecular weight is 115 g/mol. The highest BCUT2D eigenvalue weighted by Crippen LogP contribution is 1.98. The molecule has 3 heteroatoms. The second-order valence-corrected chi connectivity index (χ2v) is 8.30. The molecule has 0 aliphatic carbocycles. The van der Waals surface area contributed by atoms with Gasteiger partial charge in [-0.25, -0.2) is 0 Å². The molecule has 40 valence electrons. The van der Waals surface area contributed by atoms with Crippen LogP contribution >= 0.6 is 0 Å². The summed E-state index contributed by atoms with van der Waals surface area (Å²) in [5, 5.41) is 8.06. The molecular weight excluding hydrogens is 104 g/mol. The van der Waals surface area contributed by atoms with Crippen LogP contribution < -0.4 is 0 Å². The number of rotatable bonds is 1. The van der Waals surface area contributed by atoms with Crippen LogP contribution in [0.25, 0.3) is 4.98 Å². The van der Waals surface area contributed by atoms with Gasteiger partial charge in [0.25, 0.3) is 6.17 Å². The summed E-state index contributed by atoms with van der Waals surface area (Å²) >= 11 is 0. The van der Waals surface area contributed by atoms with E-state index in [1.807, 2.05) is 0 Å². The van der Waals surface area contributed by atoms with Crippen LogP contribution in [0.5, 0.6) is 0 Å². The molecule has 0 amide bonds. The Bertz CT molecular complexity index is 86.8. The van der Waals surface area contributed by atoms with Crippen molar-refractivity contribution in [1.29, 1.82) is 5.39 Å². The van der Waals surface area contributed by atoms with E-state index in [2.05, 4.69) is 24.6 Å². The molecule has 7 heavy (non-hydrogen) atoms. The molecule has 0 aromatic carbocycles. The molecule has 0 heterocycles. The number of hydrogen-bond acceptors (Lipinski definition) is 1. The molecule has 0 N–H and O–H groups in total.